The van der Waals surface area contributed by atoms with Gasteiger partial charge in [-0.1, -0.05) is 0 Å². The average molecular weight is 238 g/mol. The van der Waals surface area contributed by atoms with Crippen molar-refractivity contribution in [2.75, 3.05) is 33.3 Å². The second kappa shape index (κ2) is 6.46. The summed E-state index contributed by atoms with van der Waals surface area (Å²) in [5, 5.41) is 9.27. The minimum Gasteiger partial charge on any atom is -0.388 e. The number of rotatable bonds is 7. The summed E-state index contributed by atoms with van der Waals surface area (Å²) in [5.74, 6) is -0.565. The largest absolute Gasteiger partial charge is 0.388 e. The first-order valence-electron chi connectivity index (χ1n) is 5.25. The van der Waals surface area contributed by atoms with E-state index >= 15 is 0 Å². The van der Waals surface area contributed by atoms with Crippen molar-refractivity contribution in [3.8, 4) is 0 Å². The number of hydrogen-bond acceptors (Lipinski definition) is 5. The van der Waals surface area contributed by atoms with E-state index in [1.54, 1.807) is 0 Å². The van der Waals surface area contributed by atoms with Crippen LogP contribution in [0.4, 0.5) is 4.39 Å². The minimum absolute atomic E-state index is 0.0655. The molecule has 0 spiro atoms. The maximum atomic E-state index is 11.6. The first-order valence-corrected chi connectivity index (χ1v) is 5.25. The lowest BCUT2D eigenvalue weighted by atomic mass is 10.4. The van der Waals surface area contributed by atoms with Gasteiger partial charge in [0.25, 0.3) is 0 Å². The molecular weight excluding hydrogens is 219 g/mol. The maximum absolute atomic E-state index is 11.6. The Labute approximate surface area is 94.4 Å². The molecule has 2 unspecified atom stereocenters. The van der Waals surface area contributed by atoms with Crippen LogP contribution in [0.25, 0.3) is 0 Å². The Balaban J connectivity index is 2.03. The highest BCUT2D eigenvalue weighted by atomic mass is 19.1. The van der Waals surface area contributed by atoms with Crippen LogP contribution in [0.3, 0.4) is 0 Å². The summed E-state index contributed by atoms with van der Waals surface area (Å²) in [5.41, 5.74) is 0. The van der Waals surface area contributed by atoms with Gasteiger partial charge in [-0.3, -0.25) is 0 Å². The van der Waals surface area contributed by atoms with Crippen LogP contribution in [0.5, 0.6) is 0 Å². The molecule has 1 aliphatic rings. The van der Waals surface area contributed by atoms with Gasteiger partial charge < -0.3 is 24.1 Å². The zero-order valence-electron chi connectivity index (χ0n) is 9.65. The molecule has 1 rings (SSSR count). The third-order valence-electron chi connectivity index (χ3n) is 2.07. The van der Waals surface area contributed by atoms with Crippen molar-refractivity contribution < 1.29 is 28.4 Å². The van der Waals surface area contributed by atoms with Crippen molar-refractivity contribution in [2.24, 2.45) is 0 Å². The smallest absolute Gasteiger partial charge is 0.188 e. The quantitative estimate of drug-likeness (QED) is 0.698. The second-order valence-electron chi connectivity index (χ2n) is 4.12. The molecule has 0 amide bonds. The Hall–Kier alpha value is -0.270. The first-order chi connectivity index (χ1) is 7.53. The van der Waals surface area contributed by atoms with Crippen LogP contribution in [0.1, 0.15) is 13.8 Å². The Morgan fingerprint density at radius 3 is 2.69 bits per heavy atom. The van der Waals surface area contributed by atoms with Crippen LogP contribution in [0.15, 0.2) is 0 Å². The number of aliphatic hydroxyl groups excluding tert-OH is 1. The van der Waals surface area contributed by atoms with E-state index in [1.165, 1.54) is 0 Å². The van der Waals surface area contributed by atoms with Gasteiger partial charge in [-0.25, -0.2) is 4.39 Å². The van der Waals surface area contributed by atoms with Gasteiger partial charge in [0, 0.05) is 0 Å². The standard InChI is InChI=1S/C10H19FO5/c1-10(2)15-6-9(16-10)5-13-3-8(12)4-14-7-11/h8-9,12H,3-7H2,1-2H3. The van der Waals surface area contributed by atoms with E-state index in [-0.39, 0.29) is 19.3 Å². The van der Waals surface area contributed by atoms with Gasteiger partial charge in [-0.15, -0.1) is 0 Å². The van der Waals surface area contributed by atoms with Crippen molar-refractivity contribution in [3.05, 3.63) is 0 Å². The summed E-state index contributed by atoms with van der Waals surface area (Å²) < 4.78 is 32.0. The highest BCUT2D eigenvalue weighted by Gasteiger charge is 2.32. The fraction of sp³-hybridized carbons (Fsp3) is 1.00. The van der Waals surface area contributed by atoms with E-state index < -0.39 is 18.8 Å². The van der Waals surface area contributed by atoms with Gasteiger partial charge in [0.15, 0.2) is 12.6 Å². The predicted molar refractivity (Wildman–Crippen MR) is 53.7 cm³/mol. The van der Waals surface area contributed by atoms with E-state index in [2.05, 4.69) is 4.74 Å². The molecule has 2 atom stereocenters. The van der Waals surface area contributed by atoms with Gasteiger partial charge >= 0.3 is 0 Å². The summed E-state index contributed by atoms with van der Waals surface area (Å²) in [4.78, 5) is 0. The van der Waals surface area contributed by atoms with Crippen LogP contribution >= 0.6 is 0 Å². The molecule has 0 aromatic rings. The number of hydrogen-bond donors (Lipinski definition) is 1. The Morgan fingerprint density at radius 2 is 2.12 bits per heavy atom. The zero-order valence-corrected chi connectivity index (χ0v) is 9.65. The molecule has 0 aliphatic carbocycles. The summed E-state index contributed by atoms with van der Waals surface area (Å²) in [6.07, 6.45) is -0.935. The molecule has 0 aromatic carbocycles. The van der Waals surface area contributed by atoms with E-state index in [0.29, 0.717) is 13.2 Å². The number of alkyl halides is 1. The van der Waals surface area contributed by atoms with Gasteiger partial charge in [-0.05, 0) is 13.8 Å². The van der Waals surface area contributed by atoms with Crippen molar-refractivity contribution >= 4 is 0 Å². The number of aliphatic hydroxyl groups is 1. The topological polar surface area (TPSA) is 57.2 Å². The first kappa shape index (κ1) is 13.8. The van der Waals surface area contributed by atoms with Gasteiger partial charge in [0.2, 0.25) is 0 Å². The molecular formula is C10H19FO5. The Morgan fingerprint density at radius 1 is 1.44 bits per heavy atom. The van der Waals surface area contributed by atoms with E-state index in [1.807, 2.05) is 13.8 Å². The summed E-state index contributed by atoms with van der Waals surface area (Å²) in [6.45, 7) is 3.61. The molecule has 1 saturated heterocycles. The average Bonchev–Trinajstić information content (AvgIpc) is 2.55. The van der Waals surface area contributed by atoms with Crippen LogP contribution in [-0.4, -0.2) is 56.4 Å². The molecule has 1 heterocycles. The van der Waals surface area contributed by atoms with Gasteiger partial charge in [-0.2, -0.15) is 0 Å². The molecule has 96 valence electrons. The molecule has 0 aromatic heterocycles. The lowest BCUT2D eigenvalue weighted by Gasteiger charge is -2.17. The summed E-state index contributed by atoms with van der Waals surface area (Å²) >= 11 is 0. The maximum Gasteiger partial charge on any atom is 0.188 e. The number of ether oxygens (including phenoxy) is 4. The van der Waals surface area contributed by atoms with Gasteiger partial charge in [0.1, 0.15) is 12.2 Å². The van der Waals surface area contributed by atoms with Crippen LogP contribution in [0.2, 0.25) is 0 Å². The normalized spacial score (nSPS) is 25.9. The van der Waals surface area contributed by atoms with Crippen LogP contribution in [0, 0.1) is 0 Å². The molecule has 0 bridgehead atoms. The number of halogens is 1. The fourth-order valence-corrected chi connectivity index (χ4v) is 1.41. The summed E-state index contributed by atoms with van der Waals surface area (Å²) in [6, 6.07) is 0. The molecule has 0 saturated carbocycles. The Kier molecular flexibility index (Phi) is 5.57. The Bertz CT molecular complexity index is 200. The zero-order chi connectivity index (χ0) is 12.0. The van der Waals surface area contributed by atoms with Crippen LogP contribution in [-0.2, 0) is 18.9 Å². The van der Waals surface area contributed by atoms with Crippen molar-refractivity contribution in [1.82, 2.24) is 0 Å². The monoisotopic (exact) mass is 238 g/mol. The van der Waals surface area contributed by atoms with Crippen molar-refractivity contribution in [3.63, 3.8) is 0 Å². The second-order valence-corrected chi connectivity index (χ2v) is 4.12. The highest BCUT2D eigenvalue weighted by molar-refractivity contribution is 4.70. The van der Waals surface area contributed by atoms with Crippen molar-refractivity contribution in [1.29, 1.82) is 0 Å². The molecule has 1 N–H and O–H groups in total. The third kappa shape index (κ3) is 5.18. The third-order valence-corrected chi connectivity index (χ3v) is 2.07. The minimum atomic E-state index is -0.898. The van der Waals surface area contributed by atoms with Gasteiger partial charge in [0.05, 0.1) is 26.4 Å². The molecule has 0 radical (unpaired) electrons. The highest BCUT2D eigenvalue weighted by Crippen LogP contribution is 2.22. The fourth-order valence-electron chi connectivity index (χ4n) is 1.41. The van der Waals surface area contributed by atoms with Crippen LogP contribution < -0.4 is 0 Å². The summed E-state index contributed by atoms with van der Waals surface area (Å²) in [7, 11) is 0. The lowest BCUT2D eigenvalue weighted by molar-refractivity contribution is -0.147. The molecule has 5 nitrogen and oxygen atoms in total. The van der Waals surface area contributed by atoms with E-state index in [0.717, 1.165) is 0 Å². The lowest BCUT2D eigenvalue weighted by Crippen LogP contribution is -2.27. The molecule has 1 fully saturated rings. The van der Waals surface area contributed by atoms with E-state index in [9.17, 15) is 9.50 Å². The predicted octanol–water partition coefficient (Wildman–Crippen LogP) is 0.459. The SMILES string of the molecule is CC1(C)OCC(COCC(O)COCF)O1. The van der Waals surface area contributed by atoms with Crippen molar-refractivity contribution in [2.45, 2.75) is 31.8 Å². The molecule has 1 aliphatic heterocycles. The molecule has 6 heteroatoms. The van der Waals surface area contributed by atoms with E-state index in [4.69, 9.17) is 14.2 Å². The molecule has 16 heavy (non-hydrogen) atoms.